The van der Waals surface area contributed by atoms with Crippen molar-refractivity contribution in [2.24, 2.45) is 19.8 Å². The van der Waals surface area contributed by atoms with Gasteiger partial charge in [-0.25, -0.2) is 13.2 Å². The number of fused-ring (bicyclic) bond motifs is 1. The number of nitrogens with two attached hydrogens (primary N) is 1. The van der Waals surface area contributed by atoms with Gasteiger partial charge in [-0.1, -0.05) is 12.1 Å². The molecule has 140 valence electrons. The van der Waals surface area contributed by atoms with Gasteiger partial charge in [-0.3, -0.25) is 13.9 Å². The first kappa shape index (κ1) is 20.0. The predicted octanol–water partition coefficient (Wildman–Crippen LogP) is 1.60. The van der Waals surface area contributed by atoms with Gasteiger partial charge in [-0.15, -0.1) is 12.4 Å². The molecule has 3 rings (SSSR count). The molecule has 0 saturated heterocycles. The molecule has 3 aromatic rings. The van der Waals surface area contributed by atoms with E-state index in [-0.39, 0.29) is 23.0 Å². The Hall–Kier alpha value is -2.29. The predicted molar refractivity (Wildman–Crippen MR) is 105 cm³/mol. The van der Waals surface area contributed by atoms with Crippen LogP contribution < -0.4 is 16.1 Å². The third kappa shape index (κ3) is 3.62. The molecule has 9 heteroatoms. The molecule has 26 heavy (non-hydrogen) atoms. The summed E-state index contributed by atoms with van der Waals surface area (Å²) in [6, 6.07) is 11.6. The highest BCUT2D eigenvalue weighted by molar-refractivity contribution is 7.92. The summed E-state index contributed by atoms with van der Waals surface area (Å²) in [4.78, 5) is 12.1. The summed E-state index contributed by atoms with van der Waals surface area (Å²) in [5, 5.41) is 0. The first-order valence-electron chi connectivity index (χ1n) is 7.81. The number of rotatable bonds is 5. The number of aryl methyl sites for hydroxylation is 2. The molecular weight excluding hydrogens is 376 g/mol. The SMILES string of the molecule is Cl.Cn1c(=O)n(C)c2cc(NS(=O)(=O)c3ccc(CCN)cc3)ccc21. The van der Waals surface area contributed by atoms with E-state index in [0.29, 0.717) is 24.2 Å². The maximum Gasteiger partial charge on any atom is 0.328 e. The maximum atomic E-state index is 12.6. The minimum atomic E-state index is -3.71. The largest absolute Gasteiger partial charge is 0.330 e. The molecule has 0 amide bonds. The van der Waals surface area contributed by atoms with Crippen LogP contribution in [0.15, 0.2) is 52.2 Å². The molecule has 0 atom stereocenters. The number of hydrogen-bond donors (Lipinski definition) is 2. The van der Waals surface area contributed by atoms with Gasteiger partial charge in [0.05, 0.1) is 21.6 Å². The Morgan fingerprint density at radius 1 is 1.00 bits per heavy atom. The molecular formula is C17H21ClN4O3S. The van der Waals surface area contributed by atoms with Gasteiger partial charge in [0.25, 0.3) is 10.0 Å². The third-order valence-electron chi connectivity index (χ3n) is 4.19. The Balaban J connectivity index is 0.00000243. The van der Waals surface area contributed by atoms with E-state index >= 15 is 0 Å². The summed E-state index contributed by atoms with van der Waals surface area (Å²) >= 11 is 0. The van der Waals surface area contributed by atoms with Crippen molar-refractivity contribution in [2.75, 3.05) is 11.3 Å². The first-order valence-corrected chi connectivity index (χ1v) is 9.29. The second-order valence-electron chi connectivity index (χ2n) is 5.89. The molecule has 0 saturated carbocycles. The molecule has 0 radical (unpaired) electrons. The molecule has 7 nitrogen and oxygen atoms in total. The van der Waals surface area contributed by atoms with Crippen LogP contribution in [-0.2, 0) is 30.5 Å². The van der Waals surface area contributed by atoms with Gasteiger partial charge < -0.3 is 5.73 Å². The number of aromatic nitrogens is 2. The fourth-order valence-electron chi connectivity index (χ4n) is 2.79. The van der Waals surface area contributed by atoms with Gasteiger partial charge >= 0.3 is 5.69 Å². The van der Waals surface area contributed by atoms with Crippen molar-refractivity contribution >= 4 is 39.2 Å². The highest BCUT2D eigenvalue weighted by Gasteiger charge is 2.15. The zero-order valence-corrected chi connectivity index (χ0v) is 16.1. The maximum absolute atomic E-state index is 12.6. The number of imidazole rings is 1. The molecule has 0 spiro atoms. The molecule has 0 aliphatic carbocycles. The van der Waals surface area contributed by atoms with E-state index in [1.54, 1.807) is 56.6 Å². The van der Waals surface area contributed by atoms with E-state index in [1.165, 1.54) is 9.13 Å². The lowest BCUT2D eigenvalue weighted by Gasteiger charge is -2.09. The summed E-state index contributed by atoms with van der Waals surface area (Å²) in [7, 11) is -0.375. The molecule has 0 aliphatic heterocycles. The fraction of sp³-hybridized carbons (Fsp3) is 0.235. The van der Waals surface area contributed by atoms with Crippen molar-refractivity contribution in [1.29, 1.82) is 0 Å². The van der Waals surface area contributed by atoms with Gasteiger partial charge in [0, 0.05) is 14.1 Å². The van der Waals surface area contributed by atoms with Crippen LogP contribution in [0.5, 0.6) is 0 Å². The molecule has 3 N–H and O–H groups in total. The van der Waals surface area contributed by atoms with Crippen molar-refractivity contribution < 1.29 is 8.42 Å². The van der Waals surface area contributed by atoms with Crippen LogP contribution in [0.4, 0.5) is 5.69 Å². The number of nitrogens with one attached hydrogen (secondary N) is 1. The Bertz CT molecular complexity index is 1090. The second-order valence-corrected chi connectivity index (χ2v) is 7.57. The van der Waals surface area contributed by atoms with Gasteiger partial charge in [0.2, 0.25) is 0 Å². The van der Waals surface area contributed by atoms with Crippen molar-refractivity contribution in [3.05, 3.63) is 58.5 Å². The molecule has 0 aliphatic rings. The molecule has 1 aromatic heterocycles. The van der Waals surface area contributed by atoms with Crippen molar-refractivity contribution in [3.8, 4) is 0 Å². The van der Waals surface area contributed by atoms with Crippen LogP contribution in [-0.4, -0.2) is 24.1 Å². The smallest absolute Gasteiger partial charge is 0.328 e. The Labute approximate surface area is 157 Å². The van der Waals surface area contributed by atoms with Gasteiger partial charge in [0.15, 0.2) is 0 Å². The molecule has 2 aromatic carbocycles. The van der Waals surface area contributed by atoms with E-state index in [2.05, 4.69) is 4.72 Å². The highest BCUT2D eigenvalue weighted by atomic mass is 35.5. The Morgan fingerprint density at radius 3 is 2.23 bits per heavy atom. The van der Waals surface area contributed by atoms with E-state index in [9.17, 15) is 13.2 Å². The minimum absolute atomic E-state index is 0. The third-order valence-corrected chi connectivity index (χ3v) is 5.59. The zero-order valence-electron chi connectivity index (χ0n) is 14.5. The lowest BCUT2D eigenvalue weighted by Crippen LogP contribution is -2.19. The minimum Gasteiger partial charge on any atom is -0.330 e. The van der Waals surface area contributed by atoms with Crippen molar-refractivity contribution in [3.63, 3.8) is 0 Å². The van der Waals surface area contributed by atoms with Gasteiger partial charge in [-0.05, 0) is 48.9 Å². The quantitative estimate of drug-likeness (QED) is 0.684. The highest BCUT2D eigenvalue weighted by Crippen LogP contribution is 2.21. The van der Waals surface area contributed by atoms with E-state index in [4.69, 9.17) is 5.73 Å². The normalized spacial score (nSPS) is 11.3. The fourth-order valence-corrected chi connectivity index (χ4v) is 3.84. The zero-order chi connectivity index (χ0) is 18.2. The number of anilines is 1. The molecule has 0 unspecified atom stereocenters. The van der Waals surface area contributed by atoms with Crippen LogP contribution in [0.25, 0.3) is 11.0 Å². The van der Waals surface area contributed by atoms with Crippen LogP contribution in [0.2, 0.25) is 0 Å². The summed E-state index contributed by atoms with van der Waals surface area (Å²) in [5.74, 6) is 0. The summed E-state index contributed by atoms with van der Waals surface area (Å²) in [6.07, 6.45) is 0.701. The average Bonchev–Trinajstić information content (AvgIpc) is 2.80. The molecule has 0 bridgehead atoms. The van der Waals surface area contributed by atoms with Crippen LogP contribution in [0.3, 0.4) is 0 Å². The number of nitrogens with zero attached hydrogens (tertiary/aromatic N) is 2. The van der Waals surface area contributed by atoms with E-state index < -0.39 is 10.0 Å². The summed E-state index contributed by atoms with van der Waals surface area (Å²) in [6.45, 7) is 0.514. The standard InChI is InChI=1S/C17H20N4O3S.ClH/c1-20-15-8-5-13(11-16(15)21(2)17(20)22)19-25(23,24)14-6-3-12(4-7-14)9-10-18;/h3-8,11,19H,9-10,18H2,1-2H3;1H. The van der Waals surface area contributed by atoms with E-state index in [1.807, 2.05) is 0 Å². The van der Waals surface area contributed by atoms with Gasteiger partial charge in [0.1, 0.15) is 0 Å². The second kappa shape index (κ2) is 7.53. The number of benzene rings is 2. The van der Waals surface area contributed by atoms with Crippen molar-refractivity contribution in [1.82, 2.24) is 9.13 Å². The Morgan fingerprint density at radius 2 is 1.62 bits per heavy atom. The molecule has 0 fully saturated rings. The van der Waals surface area contributed by atoms with E-state index in [0.717, 1.165) is 11.1 Å². The van der Waals surface area contributed by atoms with Crippen LogP contribution >= 0.6 is 12.4 Å². The number of sulfonamides is 1. The molecule has 1 heterocycles. The lowest BCUT2D eigenvalue weighted by molar-refractivity contribution is 0.601. The Kier molecular flexibility index (Phi) is 5.80. The monoisotopic (exact) mass is 396 g/mol. The first-order chi connectivity index (χ1) is 11.8. The van der Waals surface area contributed by atoms with Gasteiger partial charge in [-0.2, -0.15) is 0 Å². The number of hydrogen-bond acceptors (Lipinski definition) is 4. The topological polar surface area (TPSA) is 99.1 Å². The van der Waals surface area contributed by atoms with Crippen molar-refractivity contribution in [2.45, 2.75) is 11.3 Å². The summed E-state index contributed by atoms with van der Waals surface area (Å²) in [5.41, 5.74) is 8.12. The van der Waals surface area contributed by atoms with Crippen LogP contribution in [0.1, 0.15) is 5.56 Å². The van der Waals surface area contributed by atoms with Crippen LogP contribution in [0, 0.1) is 0 Å². The summed E-state index contributed by atoms with van der Waals surface area (Å²) < 4.78 is 30.7. The average molecular weight is 397 g/mol. The number of halogens is 1. The lowest BCUT2D eigenvalue weighted by atomic mass is 10.2.